The van der Waals surface area contributed by atoms with Gasteiger partial charge in [-0.2, -0.15) is 0 Å². The molecule has 1 atom stereocenters. The molecule has 2 aliphatic heterocycles. The van der Waals surface area contributed by atoms with Crippen LogP contribution < -0.4 is 14.4 Å². The summed E-state index contributed by atoms with van der Waals surface area (Å²) >= 11 is 1.61. The second-order valence-electron chi connectivity index (χ2n) is 6.51. The van der Waals surface area contributed by atoms with Crippen molar-refractivity contribution in [2.75, 3.05) is 37.7 Å². The Morgan fingerprint density at radius 2 is 1.89 bits per heavy atom. The molecular weight excluding hydrogens is 364 g/mol. The largest absolute Gasteiger partial charge is 0.485 e. The van der Waals surface area contributed by atoms with Crippen LogP contribution in [0.25, 0.3) is 10.2 Å². The number of piperazine rings is 1. The summed E-state index contributed by atoms with van der Waals surface area (Å²) in [6.45, 7) is 2.99. The van der Waals surface area contributed by atoms with Crippen LogP contribution in [0.2, 0.25) is 0 Å². The van der Waals surface area contributed by atoms with E-state index < -0.39 is 6.10 Å². The standard InChI is InChI=1S/C19H18N4O3S/c24-19(16-11-25-14-3-1-2-4-15(14)26-16)23-8-6-22(7-9-23)17-13-5-10-27-18(13)21-12-20-17/h1-5,10,12,16H,6-9,11H2. The molecule has 8 heteroatoms. The number of rotatable bonds is 2. The third kappa shape index (κ3) is 2.95. The van der Waals surface area contributed by atoms with E-state index in [1.165, 1.54) is 0 Å². The van der Waals surface area contributed by atoms with E-state index in [1.807, 2.05) is 34.5 Å². The molecule has 1 fully saturated rings. The first-order chi connectivity index (χ1) is 13.3. The highest BCUT2D eigenvalue weighted by atomic mass is 32.1. The van der Waals surface area contributed by atoms with E-state index in [0.29, 0.717) is 24.6 Å². The lowest BCUT2D eigenvalue weighted by Crippen LogP contribution is -2.54. The van der Waals surface area contributed by atoms with E-state index in [9.17, 15) is 4.79 Å². The van der Waals surface area contributed by atoms with E-state index in [-0.39, 0.29) is 12.5 Å². The monoisotopic (exact) mass is 382 g/mol. The smallest absolute Gasteiger partial charge is 0.267 e. The van der Waals surface area contributed by atoms with Crippen LogP contribution in [0.4, 0.5) is 5.82 Å². The highest BCUT2D eigenvalue weighted by Crippen LogP contribution is 2.32. The van der Waals surface area contributed by atoms with Gasteiger partial charge in [0.25, 0.3) is 5.91 Å². The van der Waals surface area contributed by atoms with Crippen molar-refractivity contribution in [3.8, 4) is 11.5 Å². The zero-order valence-electron chi connectivity index (χ0n) is 14.6. The third-order valence-corrected chi connectivity index (χ3v) is 5.74. The number of amides is 1. The number of hydrogen-bond acceptors (Lipinski definition) is 7. The maximum absolute atomic E-state index is 12.9. The van der Waals surface area contributed by atoms with Crippen molar-refractivity contribution in [1.82, 2.24) is 14.9 Å². The van der Waals surface area contributed by atoms with E-state index in [0.717, 1.165) is 29.1 Å². The van der Waals surface area contributed by atoms with Crippen LogP contribution in [0, 0.1) is 0 Å². The van der Waals surface area contributed by atoms with Gasteiger partial charge in [0.15, 0.2) is 11.5 Å². The molecule has 1 saturated heterocycles. The van der Waals surface area contributed by atoms with Gasteiger partial charge in [-0.25, -0.2) is 9.97 Å². The number of thiophene rings is 1. The normalized spacial score (nSPS) is 19.3. The van der Waals surface area contributed by atoms with Crippen LogP contribution >= 0.6 is 11.3 Å². The lowest BCUT2D eigenvalue weighted by Gasteiger charge is -2.37. The molecule has 0 saturated carbocycles. The highest BCUT2D eigenvalue weighted by molar-refractivity contribution is 7.16. The number of aromatic nitrogens is 2. The second-order valence-corrected chi connectivity index (χ2v) is 7.41. The topological polar surface area (TPSA) is 67.8 Å². The summed E-state index contributed by atoms with van der Waals surface area (Å²) in [6, 6.07) is 9.50. The maximum atomic E-state index is 12.9. The van der Waals surface area contributed by atoms with Crippen LogP contribution in [0.5, 0.6) is 11.5 Å². The molecule has 0 N–H and O–H groups in total. The maximum Gasteiger partial charge on any atom is 0.267 e. The zero-order chi connectivity index (χ0) is 18.2. The molecule has 1 amide bonds. The van der Waals surface area contributed by atoms with Crippen molar-refractivity contribution in [3.05, 3.63) is 42.0 Å². The third-order valence-electron chi connectivity index (χ3n) is 4.92. The Morgan fingerprint density at radius 3 is 2.74 bits per heavy atom. The van der Waals surface area contributed by atoms with Gasteiger partial charge in [-0.1, -0.05) is 12.1 Å². The molecule has 27 heavy (non-hydrogen) atoms. The molecular formula is C19H18N4O3S. The number of carbonyl (C=O) groups excluding carboxylic acids is 1. The van der Waals surface area contributed by atoms with E-state index in [1.54, 1.807) is 17.7 Å². The first kappa shape index (κ1) is 16.3. The molecule has 138 valence electrons. The molecule has 0 aliphatic carbocycles. The zero-order valence-corrected chi connectivity index (χ0v) is 15.4. The van der Waals surface area contributed by atoms with Gasteiger partial charge in [-0.05, 0) is 23.6 Å². The number of anilines is 1. The van der Waals surface area contributed by atoms with Gasteiger partial charge in [0.05, 0.1) is 5.39 Å². The van der Waals surface area contributed by atoms with Gasteiger partial charge in [0.2, 0.25) is 6.10 Å². The van der Waals surface area contributed by atoms with Gasteiger partial charge < -0.3 is 19.3 Å². The fraction of sp³-hybridized carbons (Fsp3) is 0.316. The van der Waals surface area contributed by atoms with Gasteiger partial charge in [0, 0.05) is 26.2 Å². The number of hydrogen-bond donors (Lipinski definition) is 0. The lowest BCUT2D eigenvalue weighted by molar-refractivity contribution is -0.141. The summed E-state index contributed by atoms with van der Waals surface area (Å²) in [5.74, 6) is 2.24. The second kappa shape index (κ2) is 6.70. The molecule has 5 rings (SSSR count). The van der Waals surface area contributed by atoms with Gasteiger partial charge in [-0.15, -0.1) is 11.3 Å². The molecule has 0 radical (unpaired) electrons. The van der Waals surface area contributed by atoms with Crippen molar-refractivity contribution in [2.24, 2.45) is 0 Å². The summed E-state index contributed by atoms with van der Waals surface area (Å²) in [4.78, 5) is 26.7. The lowest BCUT2D eigenvalue weighted by atomic mass is 10.2. The minimum absolute atomic E-state index is 0.0208. The first-order valence-corrected chi connectivity index (χ1v) is 9.78. The average molecular weight is 382 g/mol. The van der Waals surface area contributed by atoms with Gasteiger partial charge in [-0.3, -0.25) is 4.79 Å². The molecule has 1 aromatic carbocycles. The molecule has 7 nitrogen and oxygen atoms in total. The van der Waals surface area contributed by atoms with Crippen molar-refractivity contribution in [2.45, 2.75) is 6.10 Å². The number of fused-ring (bicyclic) bond motifs is 2. The van der Waals surface area contributed by atoms with Crippen molar-refractivity contribution in [1.29, 1.82) is 0 Å². The first-order valence-electron chi connectivity index (χ1n) is 8.90. The van der Waals surface area contributed by atoms with Crippen LogP contribution in [0.15, 0.2) is 42.0 Å². The molecule has 1 unspecified atom stereocenters. The van der Waals surface area contributed by atoms with E-state index >= 15 is 0 Å². The van der Waals surface area contributed by atoms with Crippen LogP contribution in [0.3, 0.4) is 0 Å². The fourth-order valence-electron chi connectivity index (χ4n) is 3.51. The minimum atomic E-state index is -0.589. The summed E-state index contributed by atoms with van der Waals surface area (Å²) in [5.41, 5.74) is 0. The Morgan fingerprint density at radius 1 is 1.07 bits per heavy atom. The Kier molecular flexibility index (Phi) is 4.05. The Balaban J connectivity index is 1.26. The minimum Gasteiger partial charge on any atom is -0.485 e. The molecule has 3 aromatic rings. The molecule has 2 aromatic heterocycles. The Hall–Kier alpha value is -2.87. The van der Waals surface area contributed by atoms with Gasteiger partial charge >= 0.3 is 0 Å². The summed E-state index contributed by atoms with van der Waals surface area (Å²) in [5, 5.41) is 3.10. The summed E-state index contributed by atoms with van der Waals surface area (Å²) < 4.78 is 11.5. The van der Waals surface area contributed by atoms with Crippen LogP contribution in [0.1, 0.15) is 0 Å². The molecule has 4 heterocycles. The summed E-state index contributed by atoms with van der Waals surface area (Å²) in [6.07, 6.45) is 1.02. The fourth-order valence-corrected chi connectivity index (χ4v) is 4.24. The predicted octanol–water partition coefficient (Wildman–Crippen LogP) is 2.18. The molecule has 2 aliphatic rings. The summed E-state index contributed by atoms with van der Waals surface area (Å²) in [7, 11) is 0. The number of benzene rings is 1. The van der Waals surface area contributed by atoms with Gasteiger partial charge in [0.1, 0.15) is 23.6 Å². The number of nitrogens with zero attached hydrogens (tertiary/aromatic N) is 4. The number of carbonyl (C=O) groups is 1. The Labute approximate surface area is 160 Å². The highest BCUT2D eigenvalue weighted by Gasteiger charge is 2.33. The van der Waals surface area contributed by atoms with Crippen molar-refractivity contribution in [3.63, 3.8) is 0 Å². The van der Waals surface area contributed by atoms with Crippen LogP contribution in [-0.4, -0.2) is 59.7 Å². The predicted molar refractivity (Wildman–Crippen MR) is 103 cm³/mol. The number of para-hydroxylation sites is 2. The number of ether oxygens (including phenoxy) is 2. The van der Waals surface area contributed by atoms with E-state index in [4.69, 9.17) is 9.47 Å². The van der Waals surface area contributed by atoms with E-state index in [2.05, 4.69) is 20.9 Å². The molecule has 0 bridgehead atoms. The van der Waals surface area contributed by atoms with Crippen molar-refractivity contribution >= 4 is 33.3 Å². The average Bonchev–Trinajstić information content (AvgIpc) is 3.22. The van der Waals surface area contributed by atoms with Crippen LogP contribution in [-0.2, 0) is 4.79 Å². The van der Waals surface area contributed by atoms with Crippen molar-refractivity contribution < 1.29 is 14.3 Å². The Bertz CT molecular complexity index is 984. The molecule has 0 spiro atoms. The quantitative estimate of drug-likeness (QED) is 0.677. The SMILES string of the molecule is O=C(C1COc2ccccc2O1)N1CCN(c2ncnc3sccc23)CC1.